The molecule has 0 N–H and O–H groups in total. The van der Waals surface area contributed by atoms with Crippen molar-refractivity contribution in [2.24, 2.45) is 0 Å². The molecule has 1 heterocycles. The molecule has 0 unspecified atom stereocenters. The van der Waals surface area contributed by atoms with E-state index in [4.69, 9.17) is 4.52 Å². The van der Waals surface area contributed by atoms with E-state index in [0.29, 0.717) is 0 Å². The van der Waals surface area contributed by atoms with Crippen LogP contribution in [0.3, 0.4) is 0 Å². The lowest BCUT2D eigenvalue weighted by molar-refractivity contribution is 0.642. The van der Waals surface area contributed by atoms with Crippen molar-refractivity contribution in [3.8, 4) is 5.75 Å². The van der Waals surface area contributed by atoms with Crippen LogP contribution in [0.5, 0.6) is 5.75 Å². The summed E-state index contributed by atoms with van der Waals surface area (Å²) in [6.45, 7) is 0. The zero-order valence-electron chi connectivity index (χ0n) is 5.90. The van der Waals surface area contributed by atoms with Crippen LogP contribution in [-0.2, 0) is 0 Å². The highest BCUT2D eigenvalue weighted by Gasteiger charge is 1.98. The fourth-order valence-corrected chi connectivity index (χ4v) is 1.47. The molecule has 0 radical (unpaired) electrons. The van der Waals surface area contributed by atoms with E-state index in [1.54, 1.807) is 0 Å². The summed E-state index contributed by atoms with van der Waals surface area (Å²) in [5.41, 5.74) is 1.15. The van der Waals surface area contributed by atoms with Gasteiger partial charge in [0.15, 0.2) is 0 Å². The molecule has 0 saturated heterocycles. The summed E-state index contributed by atoms with van der Waals surface area (Å²) in [6.07, 6.45) is 4.06. The molecule has 0 atom stereocenters. The van der Waals surface area contributed by atoms with Crippen LogP contribution in [0.25, 0.3) is 6.08 Å². The molecule has 0 spiro atoms. The Bertz CT molecular complexity index is 315. The predicted octanol–water partition coefficient (Wildman–Crippen LogP) is 2.76. The van der Waals surface area contributed by atoms with Crippen LogP contribution in [0.1, 0.15) is 5.56 Å². The van der Waals surface area contributed by atoms with Gasteiger partial charge in [-0.3, -0.25) is 0 Å². The van der Waals surface area contributed by atoms with Gasteiger partial charge >= 0.3 is 0 Å². The summed E-state index contributed by atoms with van der Waals surface area (Å²) in [5.74, 6) is 2.93. The molecule has 1 aromatic carbocycles. The van der Waals surface area contributed by atoms with Gasteiger partial charge in [0.1, 0.15) is 14.2 Å². The highest BCUT2D eigenvalue weighted by molar-refractivity contribution is 7.34. The molecule has 2 heteroatoms. The second-order valence-corrected chi connectivity index (χ2v) is 2.93. The van der Waals surface area contributed by atoms with Crippen LogP contribution in [0.2, 0.25) is 0 Å². The zero-order chi connectivity index (χ0) is 7.52. The van der Waals surface area contributed by atoms with E-state index in [2.05, 4.69) is 6.08 Å². The normalized spacial score (nSPS) is 14.9. The predicted molar refractivity (Wildman–Crippen MR) is 49.1 cm³/mol. The summed E-state index contributed by atoms with van der Waals surface area (Å²) < 4.78 is 5.40. The number of fused-ring (bicyclic) bond motifs is 1. The van der Waals surface area contributed by atoms with Gasteiger partial charge in [-0.05, 0) is 6.07 Å². The molecular formula is C9H7OP. The Balaban J connectivity index is 2.52. The lowest BCUT2D eigenvalue weighted by Gasteiger charge is -2.00. The third kappa shape index (κ3) is 1.33. The smallest absolute Gasteiger partial charge is 0.138 e. The molecular weight excluding hydrogens is 155 g/mol. The van der Waals surface area contributed by atoms with E-state index in [0.717, 1.165) is 19.7 Å². The monoisotopic (exact) mass is 162 g/mol. The summed E-state index contributed by atoms with van der Waals surface area (Å²) in [5, 5.41) is 0. The van der Waals surface area contributed by atoms with E-state index in [1.165, 1.54) is 0 Å². The maximum atomic E-state index is 5.40. The van der Waals surface area contributed by atoms with Gasteiger partial charge < -0.3 is 4.52 Å². The van der Waals surface area contributed by atoms with E-state index < -0.39 is 0 Å². The molecule has 1 nitrogen and oxygen atoms in total. The Labute approximate surface area is 67.2 Å². The van der Waals surface area contributed by atoms with Crippen molar-refractivity contribution in [3.05, 3.63) is 35.9 Å². The van der Waals surface area contributed by atoms with Gasteiger partial charge in [-0.1, -0.05) is 30.4 Å². The van der Waals surface area contributed by atoms with E-state index in [9.17, 15) is 0 Å². The molecule has 0 bridgehead atoms. The van der Waals surface area contributed by atoms with Crippen LogP contribution in [0.4, 0.5) is 0 Å². The van der Waals surface area contributed by atoms with Crippen molar-refractivity contribution in [1.82, 2.24) is 0 Å². The highest BCUT2D eigenvalue weighted by Crippen LogP contribution is 2.24. The van der Waals surface area contributed by atoms with Gasteiger partial charge in [0, 0.05) is 11.4 Å². The lowest BCUT2D eigenvalue weighted by atomic mass is 10.2. The second-order valence-electron chi connectivity index (χ2n) is 2.24. The van der Waals surface area contributed by atoms with Gasteiger partial charge in [0.2, 0.25) is 0 Å². The van der Waals surface area contributed by atoms with Gasteiger partial charge in [0.25, 0.3) is 0 Å². The SMILES string of the molecule is C1=Cc2ccccc2OP=C1. The van der Waals surface area contributed by atoms with Crippen molar-refractivity contribution >= 4 is 20.3 Å². The van der Waals surface area contributed by atoms with Crippen LogP contribution < -0.4 is 4.52 Å². The minimum Gasteiger partial charge on any atom is -0.439 e. The van der Waals surface area contributed by atoms with Crippen LogP contribution >= 0.6 is 8.43 Å². The number of hydrogen-bond donors (Lipinski definition) is 0. The molecule has 0 fully saturated rings. The first-order valence-electron chi connectivity index (χ1n) is 3.43. The number of allylic oxidation sites excluding steroid dienone is 1. The Morgan fingerprint density at radius 2 is 2.09 bits per heavy atom. The van der Waals surface area contributed by atoms with Crippen molar-refractivity contribution in [2.75, 3.05) is 0 Å². The first-order chi connectivity index (χ1) is 5.47. The largest absolute Gasteiger partial charge is 0.439 e. The van der Waals surface area contributed by atoms with Gasteiger partial charge in [-0.15, -0.1) is 0 Å². The fraction of sp³-hybridized carbons (Fsp3) is 0. The van der Waals surface area contributed by atoms with Gasteiger partial charge in [0.05, 0.1) is 0 Å². The molecule has 2 rings (SSSR count). The van der Waals surface area contributed by atoms with Crippen LogP contribution in [-0.4, -0.2) is 5.80 Å². The Hall–Kier alpha value is -1.07. The Morgan fingerprint density at radius 3 is 3.09 bits per heavy atom. The molecule has 1 aromatic rings. The third-order valence-electron chi connectivity index (χ3n) is 1.49. The molecule has 0 aliphatic carbocycles. The van der Waals surface area contributed by atoms with Crippen molar-refractivity contribution in [2.45, 2.75) is 0 Å². The Kier molecular flexibility index (Phi) is 1.74. The number of para-hydroxylation sites is 1. The van der Waals surface area contributed by atoms with E-state index in [-0.39, 0.29) is 0 Å². The molecule has 0 amide bonds. The average Bonchev–Trinajstić information content (AvgIpc) is 2.28. The molecule has 54 valence electrons. The van der Waals surface area contributed by atoms with Crippen molar-refractivity contribution in [3.63, 3.8) is 0 Å². The summed E-state index contributed by atoms with van der Waals surface area (Å²) in [7, 11) is 0.898. The molecule has 0 saturated carbocycles. The summed E-state index contributed by atoms with van der Waals surface area (Å²) in [4.78, 5) is 0. The minimum atomic E-state index is 0.898. The molecule has 0 aromatic heterocycles. The maximum absolute atomic E-state index is 5.40. The highest BCUT2D eigenvalue weighted by atomic mass is 31.1. The third-order valence-corrected chi connectivity index (χ3v) is 2.09. The first kappa shape index (κ1) is 6.63. The fourth-order valence-electron chi connectivity index (χ4n) is 0.970. The number of rotatable bonds is 0. The zero-order valence-corrected chi connectivity index (χ0v) is 6.79. The van der Waals surface area contributed by atoms with Crippen LogP contribution in [0.15, 0.2) is 30.3 Å². The van der Waals surface area contributed by atoms with Crippen molar-refractivity contribution < 1.29 is 4.52 Å². The lowest BCUT2D eigenvalue weighted by Crippen LogP contribution is -1.77. The quantitative estimate of drug-likeness (QED) is 0.533. The second kappa shape index (κ2) is 2.89. The minimum absolute atomic E-state index is 0.898. The van der Waals surface area contributed by atoms with Gasteiger partial charge in [-0.25, -0.2) is 0 Å². The topological polar surface area (TPSA) is 9.23 Å². The summed E-state index contributed by atoms with van der Waals surface area (Å²) in [6, 6.07) is 8.01. The van der Waals surface area contributed by atoms with E-state index in [1.807, 2.05) is 36.1 Å². The number of hydrogen-bond acceptors (Lipinski definition) is 1. The Morgan fingerprint density at radius 1 is 1.18 bits per heavy atom. The molecule has 11 heavy (non-hydrogen) atoms. The average molecular weight is 162 g/mol. The van der Waals surface area contributed by atoms with E-state index >= 15 is 0 Å². The standard InChI is InChI=1S/C9H7OP/c1-2-6-9-8(4-1)5-3-7-11-10-9/h1-7H. The molecule has 1 aliphatic rings. The first-order valence-corrected chi connectivity index (χ1v) is 4.31. The van der Waals surface area contributed by atoms with Gasteiger partial charge in [-0.2, -0.15) is 0 Å². The maximum Gasteiger partial charge on any atom is 0.138 e. The summed E-state index contributed by atoms with van der Waals surface area (Å²) >= 11 is 0. The molecule has 1 aliphatic heterocycles. The van der Waals surface area contributed by atoms with Crippen molar-refractivity contribution in [1.29, 1.82) is 0 Å². The number of benzene rings is 1. The van der Waals surface area contributed by atoms with Crippen LogP contribution in [0, 0.1) is 0 Å².